The van der Waals surface area contributed by atoms with Crippen molar-refractivity contribution in [2.45, 2.75) is 0 Å². The van der Waals surface area contributed by atoms with E-state index >= 15 is 0 Å². The van der Waals surface area contributed by atoms with Crippen molar-refractivity contribution >= 4 is 29.0 Å². The van der Waals surface area contributed by atoms with E-state index < -0.39 is 0 Å². The highest BCUT2D eigenvalue weighted by atomic mass is 35.5. The van der Waals surface area contributed by atoms with E-state index in [4.69, 9.17) is 23.2 Å². The summed E-state index contributed by atoms with van der Waals surface area (Å²) in [6.45, 7) is 1.04. The summed E-state index contributed by atoms with van der Waals surface area (Å²) in [4.78, 5) is 15.9. The van der Waals surface area contributed by atoms with Gasteiger partial charge < -0.3 is 9.80 Å². The van der Waals surface area contributed by atoms with E-state index in [2.05, 4.69) is 0 Å². The Morgan fingerprint density at radius 1 is 1.35 bits per heavy atom. The van der Waals surface area contributed by atoms with Crippen LogP contribution < -0.4 is 0 Å². The topological polar surface area (TPSA) is 23.6 Å². The van der Waals surface area contributed by atoms with Crippen LogP contribution in [-0.4, -0.2) is 35.8 Å². The number of hydrogen-bond donors (Lipinski definition) is 0. The number of halogens is 2. The maximum atomic E-state index is 12.0. The average molecular weight is 271 g/mol. The van der Waals surface area contributed by atoms with Crippen LogP contribution in [0.5, 0.6) is 0 Å². The van der Waals surface area contributed by atoms with E-state index in [-0.39, 0.29) is 5.78 Å². The first-order valence-electron chi connectivity index (χ1n) is 5.17. The van der Waals surface area contributed by atoms with Crippen LogP contribution in [0.1, 0.15) is 10.4 Å². The lowest BCUT2D eigenvalue weighted by atomic mass is 10.1. The molecule has 1 aromatic carbocycles. The van der Waals surface area contributed by atoms with Gasteiger partial charge in [0, 0.05) is 30.0 Å². The van der Waals surface area contributed by atoms with Crippen LogP contribution in [0, 0.1) is 0 Å². The molecule has 90 valence electrons. The summed E-state index contributed by atoms with van der Waals surface area (Å²) in [5.41, 5.74) is 0.513. The van der Waals surface area contributed by atoms with Crippen molar-refractivity contribution in [1.29, 1.82) is 0 Å². The Labute approximate surface area is 110 Å². The zero-order valence-corrected chi connectivity index (χ0v) is 10.9. The summed E-state index contributed by atoms with van der Waals surface area (Å²) >= 11 is 11.8. The first-order chi connectivity index (χ1) is 8.06. The molecule has 0 unspecified atom stereocenters. The van der Waals surface area contributed by atoms with E-state index in [1.165, 1.54) is 0 Å². The molecule has 1 aliphatic rings. The Kier molecular flexibility index (Phi) is 3.60. The van der Waals surface area contributed by atoms with Crippen LogP contribution in [0.4, 0.5) is 0 Å². The number of Topliss-reactive ketones (excluding diaryl/α,β-unsaturated/α-hetero) is 1. The molecular weight excluding hydrogens is 259 g/mol. The number of hydrogen-bond acceptors (Lipinski definition) is 3. The van der Waals surface area contributed by atoms with Crippen molar-refractivity contribution in [2.24, 2.45) is 0 Å². The van der Waals surface area contributed by atoms with Gasteiger partial charge in [-0.05, 0) is 18.2 Å². The van der Waals surface area contributed by atoms with Crippen molar-refractivity contribution in [3.63, 3.8) is 0 Å². The van der Waals surface area contributed by atoms with Gasteiger partial charge in [-0.2, -0.15) is 0 Å². The summed E-state index contributed by atoms with van der Waals surface area (Å²) in [6, 6.07) is 4.92. The molecule has 0 aromatic heterocycles. The molecule has 0 atom stereocenters. The Morgan fingerprint density at radius 2 is 2.12 bits per heavy atom. The van der Waals surface area contributed by atoms with Crippen LogP contribution in [0.2, 0.25) is 10.0 Å². The third-order valence-electron chi connectivity index (χ3n) is 2.51. The van der Waals surface area contributed by atoms with Gasteiger partial charge in [0.1, 0.15) is 0 Å². The monoisotopic (exact) mass is 270 g/mol. The van der Waals surface area contributed by atoms with Gasteiger partial charge in [-0.15, -0.1) is 0 Å². The zero-order chi connectivity index (χ0) is 12.4. The van der Waals surface area contributed by atoms with E-state index in [0.29, 0.717) is 22.2 Å². The van der Waals surface area contributed by atoms with Gasteiger partial charge in [0.15, 0.2) is 5.78 Å². The second-order valence-corrected chi connectivity index (χ2v) is 4.83. The minimum absolute atomic E-state index is 0.00776. The molecule has 0 saturated heterocycles. The molecule has 0 spiro atoms. The predicted octanol–water partition coefficient (Wildman–Crippen LogP) is 2.85. The Bertz CT molecular complexity index is 474. The minimum atomic E-state index is -0.00776. The molecule has 2 rings (SSSR count). The molecule has 1 heterocycles. The van der Waals surface area contributed by atoms with Gasteiger partial charge in [-0.1, -0.05) is 23.2 Å². The SMILES string of the molecule is CN1C=CN(CC(=O)c2ccc(Cl)cc2Cl)C1. The molecule has 0 amide bonds. The number of benzene rings is 1. The van der Waals surface area contributed by atoms with E-state index in [9.17, 15) is 4.79 Å². The molecule has 0 aliphatic carbocycles. The fraction of sp³-hybridized carbons (Fsp3) is 0.250. The highest BCUT2D eigenvalue weighted by Crippen LogP contribution is 2.21. The quantitative estimate of drug-likeness (QED) is 0.790. The Balaban J connectivity index is 2.07. The molecule has 0 radical (unpaired) electrons. The predicted molar refractivity (Wildman–Crippen MR) is 69.3 cm³/mol. The molecule has 0 fully saturated rings. The minimum Gasteiger partial charge on any atom is -0.362 e. The standard InChI is InChI=1S/C12H12Cl2N2O/c1-15-4-5-16(8-15)7-12(17)10-3-2-9(13)6-11(10)14/h2-6H,7-8H2,1H3. The number of nitrogens with zero attached hydrogens (tertiary/aromatic N) is 2. The second kappa shape index (κ2) is 4.98. The third-order valence-corrected chi connectivity index (χ3v) is 3.06. The van der Waals surface area contributed by atoms with Crippen molar-refractivity contribution in [3.8, 4) is 0 Å². The fourth-order valence-electron chi connectivity index (χ4n) is 1.68. The van der Waals surface area contributed by atoms with E-state index in [1.807, 2.05) is 29.2 Å². The number of carbonyl (C=O) groups is 1. The lowest BCUT2D eigenvalue weighted by Gasteiger charge is -2.17. The molecule has 0 bridgehead atoms. The lowest BCUT2D eigenvalue weighted by molar-refractivity contribution is 0.0948. The summed E-state index contributed by atoms with van der Waals surface area (Å²) in [5.74, 6) is -0.00776. The molecule has 1 aliphatic heterocycles. The molecule has 0 N–H and O–H groups in total. The largest absolute Gasteiger partial charge is 0.362 e. The third kappa shape index (κ3) is 2.93. The van der Waals surface area contributed by atoms with Gasteiger partial charge in [-0.25, -0.2) is 0 Å². The average Bonchev–Trinajstić information content (AvgIpc) is 2.63. The van der Waals surface area contributed by atoms with Crippen LogP contribution >= 0.6 is 23.2 Å². The molecule has 3 nitrogen and oxygen atoms in total. The van der Waals surface area contributed by atoms with Gasteiger partial charge in [0.25, 0.3) is 0 Å². The summed E-state index contributed by atoms with van der Waals surface area (Å²) in [6.07, 6.45) is 3.82. The highest BCUT2D eigenvalue weighted by Gasteiger charge is 2.16. The second-order valence-electron chi connectivity index (χ2n) is 3.99. The summed E-state index contributed by atoms with van der Waals surface area (Å²) in [7, 11) is 1.95. The van der Waals surface area contributed by atoms with Crippen molar-refractivity contribution < 1.29 is 4.79 Å². The van der Waals surface area contributed by atoms with Crippen LogP contribution in [0.15, 0.2) is 30.6 Å². The van der Waals surface area contributed by atoms with Crippen molar-refractivity contribution in [3.05, 3.63) is 46.2 Å². The number of ketones is 1. The molecular formula is C12H12Cl2N2O. The Morgan fingerprint density at radius 3 is 2.71 bits per heavy atom. The number of rotatable bonds is 3. The van der Waals surface area contributed by atoms with Crippen LogP contribution in [0.3, 0.4) is 0 Å². The zero-order valence-electron chi connectivity index (χ0n) is 9.36. The highest BCUT2D eigenvalue weighted by molar-refractivity contribution is 6.36. The van der Waals surface area contributed by atoms with Crippen LogP contribution in [-0.2, 0) is 0 Å². The first kappa shape index (κ1) is 12.3. The van der Waals surface area contributed by atoms with Gasteiger partial charge in [0.05, 0.1) is 18.2 Å². The lowest BCUT2D eigenvalue weighted by Crippen LogP contribution is -2.28. The first-order valence-corrected chi connectivity index (χ1v) is 5.93. The smallest absolute Gasteiger partial charge is 0.183 e. The summed E-state index contributed by atoms with van der Waals surface area (Å²) < 4.78 is 0. The normalized spacial score (nSPS) is 14.5. The molecule has 0 saturated carbocycles. The van der Waals surface area contributed by atoms with Gasteiger partial charge in [0.2, 0.25) is 0 Å². The molecule has 17 heavy (non-hydrogen) atoms. The maximum absolute atomic E-state index is 12.0. The van der Waals surface area contributed by atoms with Crippen LogP contribution in [0.25, 0.3) is 0 Å². The van der Waals surface area contributed by atoms with Gasteiger partial charge >= 0.3 is 0 Å². The summed E-state index contributed by atoms with van der Waals surface area (Å²) in [5, 5.41) is 0.936. The molecule has 1 aromatic rings. The fourth-order valence-corrected chi connectivity index (χ4v) is 2.19. The van der Waals surface area contributed by atoms with Gasteiger partial charge in [-0.3, -0.25) is 4.79 Å². The van der Waals surface area contributed by atoms with E-state index in [1.54, 1.807) is 18.2 Å². The van der Waals surface area contributed by atoms with E-state index in [0.717, 1.165) is 6.67 Å². The maximum Gasteiger partial charge on any atom is 0.183 e. The number of carbonyl (C=O) groups excluding carboxylic acids is 1. The van der Waals surface area contributed by atoms with Crippen molar-refractivity contribution in [1.82, 2.24) is 9.80 Å². The van der Waals surface area contributed by atoms with Crippen molar-refractivity contribution in [2.75, 3.05) is 20.3 Å². The Hall–Kier alpha value is -1.19. The molecule has 5 heteroatoms.